The number of carbonyl (C=O) groups is 2. The van der Waals surface area contributed by atoms with E-state index in [0.29, 0.717) is 22.3 Å². The van der Waals surface area contributed by atoms with E-state index in [9.17, 15) is 18.0 Å². The number of nitrogens with one attached hydrogen (secondary N) is 1. The van der Waals surface area contributed by atoms with Crippen LogP contribution in [0.15, 0.2) is 112 Å². The molecule has 2 unspecified atom stereocenters. The molecule has 8 nitrogen and oxygen atoms in total. The molecule has 4 aromatic carbocycles. The molecular formula is C36H40BrN3O5S. The van der Waals surface area contributed by atoms with Crippen molar-refractivity contribution in [3.05, 3.63) is 124 Å². The van der Waals surface area contributed by atoms with Gasteiger partial charge in [0.05, 0.1) is 22.2 Å². The number of amides is 2. The lowest BCUT2D eigenvalue weighted by Gasteiger charge is -2.34. The third-order valence-corrected chi connectivity index (χ3v) is 10.2. The largest absolute Gasteiger partial charge is 0.496 e. The zero-order valence-corrected chi connectivity index (χ0v) is 28.9. The molecule has 0 saturated heterocycles. The Balaban J connectivity index is 1.80. The van der Waals surface area contributed by atoms with Crippen LogP contribution >= 0.6 is 15.9 Å². The Morgan fingerprint density at radius 2 is 1.50 bits per heavy atom. The van der Waals surface area contributed by atoms with Crippen molar-refractivity contribution in [3.8, 4) is 5.75 Å². The molecule has 242 valence electrons. The first-order chi connectivity index (χ1) is 22.0. The van der Waals surface area contributed by atoms with E-state index in [-0.39, 0.29) is 29.8 Å². The fourth-order valence-corrected chi connectivity index (χ4v) is 7.08. The Hall–Kier alpha value is -4.15. The number of carbonyl (C=O) groups excluding carboxylic acids is 2. The number of nitrogens with zero attached hydrogens (tertiary/aromatic N) is 2. The lowest BCUT2D eigenvalue weighted by Crippen LogP contribution is -2.54. The molecule has 0 aromatic heterocycles. The molecule has 0 aliphatic carbocycles. The Morgan fingerprint density at radius 1 is 0.891 bits per heavy atom. The molecule has 0 spiro atoms. The second-order valence-corrected chi connectivity index (χ2v) is 13.9. The predicted molar refractivity (Wildman–Crippen MR) is 185 cm³/mol. The molecule has 4 aromatic rings. The van der Waals surface area contributed by atoms with Crippen LogP contribution in [0.4, 0.5) is 5.69 Å². The van der Waals surface area contributed by atoms with Crippen molar-refractivity contribution in [1.82, 2.24) is 10.2 Å². The van der Waals surface area contributed by atoms with Crippen molar-refractivity contribution in [2.75, 3.05) is 18.0 Å². The second kappa shape index (κ2) is 15.9. The zero-order valence-electron chi connectivity index (χ0n) is 26.5. The molecule has 0 aliphatic rings. The van der Waals surface area contributed by atoms with Crippen molar-refractivity contribution < 1.29 is 22.7 Å². The van der Waals surface area contributed by atoms with E-state index in [1.807, 2.05) is 81.4 Å². The lowest BCUT2D eigenvalue weighted by molar-refractivity contribution is -0.140. The van der Waals surface area contributed by atoms with Gasteiger partial charge in [-0.1, -0.05) is 85.3 Å². The molecular weight excluding hydrogens is 666 g/mol. The maximum Gasteiger partial charge on any atom is 0.264 e. The SMILES string of the molecule is CCC(C)NC(=O)C(Cc1ccccc1)N(Cc1ccccc1)C(=O)CN(c1ccc(C)cc1)S(=O)(=O)c1ccc(OC)c(Br)c1. The highest BCUT2D eigenvalue weighted by molar-refractivity contribution is 9.10. The number of sulfonamides is 1. The molecule has 0 heterocycles. The van der Waals surface area contributed by atoms with Gasteiger partial charge in [0.25, 0.3) is 10.0 Å². The summed E-state index contributed by atoms with van der Waals surface area (Å²) in [6, 6.07) is 29.3. The number of hydrogen-bond donors (Lipinski definition) is 1. The van der Waals surface area contributed by atoms with Crippen molar-refractivity contribution in [2.45, 2.75) is 57.1 Å². The summed E-state index contributed by atoms with van der Waals surface area (Å²) in [7, 11) is -2.75. The van der Waals surface area contributed by atoms with E-state index in [1.165, 1.54) is 24.1 Å². The quantitative estimate of drug-likeness (QED) is 0.161. The third kappa shape index (κ3) is 8.76. The number of hydrogen-bond acceptors (Lipinski definition) is 5. The average Bonchev–Trinajstić information content (AvgIpc) is 3.06. The Labute approximate surface area is 280 Å². The van der Waals surface area contributed by atoms with Gasteiger partial charge in [-0.3, -0.25) is 13.9 Å². The van der Waals surface area contributed by atoms with E-state index in [1.54, 1.807) is 30.3 Å². The first-order valence-electron chi connectivity index (χ1n) is 15.1. The van der Waals surface area contributed by atoms with Gasteiger partial charge < -0.3 is 15.0 Å². The monoisotopic (exact) mass is 705 g/mol. The molecule has 10 heteroatoms. The molecule has 1 N–H and O–H groups in total. The minimum Gasteiger partial charge on any atom is -0.496 e. The highest BCUT2D eigenvalue weighted by atomic mass is 79.9. The molecule has 0 radical (unpaired) electrons. The van der Waals surface area contributed by atoms with Crippen LogP contribution in [0, 0.1) is 6.92 Å². The lowest BCUT2D eigenvalue weighted by atomic mass is 10.0. The molecule has 0 aliphatic heterocycles. The number of halogens is 1. The van der Waals surface area contributed by atoms with Crippen LogP contribution < -0.4 is 14.4 Å². The molecule has 0 saturated carbocycles. The minimum absolute atomic E-state index is 0.0153. The molecule has 46 heavy (non-hydrogen) atoms. The van der Waals surface area contributed by atoms with Gasteiger partial charge in [0.15, 0.2) is 0 Å². The third-order valence-electron chi connectivity index (χ3n) is 7.78. The van der Waals surface area contributed by atoms with Gasteiger partial charge in [-0.05, 0) is 77.7 Å². The van der Waals surface area contributed by atoms with Crippen LogP contribution in [0.2, 0.25) is 0 Å². The summed E-state index contributed by atoms with van der Waals surface area (Å²) in [4.78, 5) is 29.9. The van der Waals surface area contributed by atoms with E-state index < -0.39 is 28.5 Å². The maximum atomic E-state index is 14.5. The Kier molecular flexibility index (Phi) is 12.0. The van der Waals surface area contributed by atoms with Gasteiger partial charge in [-0.2, -0.15) is 0 Å². The summed E-state index contributed by atoms with van der Waals surface area (Å²) < 4.78 is 35.4. The molecule has 0 bridgehead atoms. The van der Waals surface area contributed by atoms with E-state index in [4.69, 9.17) is 4.74 Å². The van der Waals surface area contributed by atoms with Crippen LogP contribution in [0.5, 0.6) is 5.75 Å². The van der Waals surface area contributed by atoms with Crippen LogP contribution in [-0.4, -0.2) is 50.9 Å². The Morgan fingerprint density at radius 3 is 2.07 bits per heavy atom. The summed E-state index contributed by atoms with van der Waals surface area (Å²) in [5.74, 6) is -0.339. The minimum atomic E-state index is -4.24. The normalized spacial score (nSPS) is 12.5. The van der Waals surface area contributed by atoms with Gasteiger partial charge in [0.1, 0.15) is 18.3 Å². The zero-order chi connectivity index (χ0) is 33.3. The maximum absolute atomic E-state index is 14.5. The number of ether oxygens (including phenoxy) is 1. The van der Waals surface area contributed by atoms with E-state index in [0.717, 1.165) is 21.0 Å². The van der Waals surface area contributed by atoms with E-state index in [2.05, 4.69) is 21.2 Å². The number of methoxy groups -OCH3 is 1. The van der Waals surface area contributed by atoms with Gasteiger partial charge >= 0.3 is 0 Å². The summed E-state index contributed by atoms with van der Waals surface area (Å²) in [5, 5.41) is 3.05. The highest BCUT2D eigenvalue weighted by Crippen LogP contribution is 2.31. The van der Waals surface area contributed by atoms with Crippen LogP contribution in [0.3, 0.4) is 0 Å². The highest BCUT2D eigenvalue weighted by Gasteiger charge is 2.35. The van der Waals surface area contributed by atoms with E-state index >= 15 is 0 Å². The fraction of sp³-hybridized carbons (Fsp3) is 0.278. The van der Waals surface area contributed by atoms with Gasteiger partial charge in [0, 0.05) is 19.0 Å². The molecule has 0 fully saturated rings. The molecule has 2 atom stereocenters. The topological polar surface area (TPSA) is 96.0 Å². The predicted octanol–water partition coefficient (Wildman–Crippen LogP) is 6.52. The summed E-state index contributed by atoms with van der Waals surface area (Å²) in [5.41, 5.74) is 2.96. The first kappa shape index (κ1) is 34.7. The van der Waals surface area contributed by atoms with Gasteiger partial charge in [-0.15, -0.1) is 0 Å². The van der Waals surface area contributed by atoms with Crippen molar-refractivity contribution in [1.29, 1.82) is 0 Å². The van der Waals surface area contributed by atoms with Crippen molar-refractivity contribution in [2.24, 2.45) is 0 Å². The van der Waals surface area contributed by atoms with Gasteiger partial charge in [0.2, 0.25) is 11.8 Å². The number of anilines is 1. The fourth-order valence-electron chi connectivity index (χ4n) is 4.95. The number of rotatable bonds is 14. The smallest absolute Gasteiger partial charge is 0.264 e. The van der Waals surface area contributed by atoms with Crippen molar-refractivity contribution in [3.63, 3.8) is 0 Å². The van der Waals surface area contributed by atoms with Crippen LogP contribution in [0.25, 0.3) is 0 Å². The van der Waals surface area contributed by atoms with Crippen LogP contribution in [0.1, 0.15) is 37.0 Å². The summed E-state index contributed by atoms with van der Waals surface area (Å²) in [6.45, 7) is 5.39. The molecule has 2 amide bonds. The number of benzene rings is 4. The standard InChI is InChI=1S/C36H40BrN3O5S/c1-5-27(3)38-36(42)33(22-28-12-8-6-9-13-28)39(24-29-14-10-7-11-15-29)35(41)25-40(30-18-16-26(2)17-19-30)46(43,44)31-20-21-34(45-4)32(37)23-31/h6-21,23,27,33H,5,22,24-25H2,1-4H3,(H,38,42). The number of aryl methyl sites for hydroxylation is 1. The van der Waals surface area contributed by atoms with Crippen molar-refractivity contribution >= 4 is 43.5 Å². The summed E-state index contributed by atoms with van der Waals surface area (Å²) in [6.07, 6.45) is 0.970. The van der Waals surface area contributed by atoms with Gasteiger partial charge in [-0.25, -0.2) is 8.42 Å². The Bertz CT molecular complexity index is 1720. The molecule has 4 rings (SSSR count). The second-order valence-electron chi connectivity index (χ2n) is 11.2. The average molecular weight is 707 g/mol. The first-order valence-corrected chi connectivity index (χ1v) is 17.4. The summed E-state index contributed by atoms with van der Waals surface area (Å²) >= 11 is 3.39. The van der Waals surface area contributed by atoms with Crippen LogP contribution in [-0.2, 0) is 32.6 Å².